The monoisotopic (exact) mass is 290 g/mol. The van der Waals surface area contributed by atoms with Crippen molar-refractivity contribution in [1.29, 1.82) is 0 Å². The largest absolute Gasteiger partial charge is 0.581 e. The molecule has 5 nitrogen and oxygen atoms in total. The van der Waals surface area contributed by atoms with Gasteiger partial charge in [-0.15, -0.1) is 0 Å². The van der Waals surface area contributed by atoms with Gasteiger partial charge >= 0.3 is 25.3 Å². The van der Waals surface area contributed by atoms with Gasteiger partial charge in [0.05, 0.1) is 0 Å². The molecule has 0 aliphatic rings. The average Bonchev–Trinajstić information content (AvgIpc) is 2.40. The fourth-order valence-electron chi connectivity index (χ4n) is 0.152. The summed E-state index contributed by atoms with van der Waals surface area (Å²) in [7, 11) is 0. The Morgan fingerprint density at radius 1 is 1.75 bits per heavy atom. The molecule has 0 unspecified atom stereocenters. The topological polar surface area (TPSA) is 86.2 Å². The minimum Gasteiger partial charge on any atom is -0.581 e. The van der Waals surface area contributed by atoms with E-state index in [2.05, 4.69) is 46.4 Å². The van der Waals surface area contributed by atoms with Crippen LogP contribution in [0.2, 0.25) is 0 Å². The second kappa shape index (κ2) is 13.2. The minimum absolute atomic E-state index is 0.0833. The molecule has 0 amide bonds. The summed E-state index contributed by atoms with van der Waals surface area (Å²) in [5.74, 6) is 0. The summed E-state index contributed by atoms with van der Waals surface area (Å²) in [5.41, 5.74) is 4.66. The first kappa shape index (κ1) is 14.2. The molecule has 66 valence electrons. The third kappa shape index (κ3) is 33.5. The van der Waals surface area contributed by atoms with E-state index in [9.17, 15) is 0 Å². The van der Waals surface area contributed by atoms with Gasteiger partial charge < -0.3 is 40.0 Å². The van der Waals surface area contributed by atoms with Crippen molar-refractivity contribution in [3.05, 3.63) is 18.9 Å². The van der Waals surface area contributed by atoms with Crippen molar-refractivity contribution >= 4 is 29.2 Å². The first-order valence-corrected chi connectivity index (χ1v) is 4.74. The zero-order chi connectivity index (χ0) is 9.82. The molecule has 0 saturated heterocycles. The van der Waals surface area contributed by atoms with Gasteiger partial charge in [0.2, 0.25) is 0 Å². The number of rotatable bonds is 0. The summed E-state index contributed by atoms with van der Waals surface area (Å²) >= 11 is 6.23. The first-order valence-electron chi connectivity index (χ1n) is 2.29. The van der Waals surface area contributed by atoms with Gasteiger partial charge in [0.15, 0.2) is 0 Å². The smallest absolute Gasteiger partial charge is 0.101 e. The van der Waals surface area contributed by atoms with Crippen LogP contribution in [-0.4, -0.2) is 9.30 Å². The number of hydrogen-bond acceptors (Lipinski definition) is 6. The van der Waals surface area contributed by atoms with Gasteiger partial charge in [-0.05, 0) is 6.26 Å². The summed E-state index contributed by atoms with van der Waals surface area (Å²) in [6.07, 6.45) is 5.22. The molecule has 1 aromatic rings. The second-order valence-corrected chi connectivity index (χ2v) is 2.48. The van der Waals surface area contributed by atoms with E-state index >= 15 is 0 Å². The summed E-state index contributed by atoms with van der Waals surface area (Å²) < 4.78 is 21.4. The van der Waals surface area contributed by atoms with E-state index in [-0.39, 0.29) is 4.32 Å². The quantitative estimate of drug-likeness (QED) is 0.311. The number of nitrogens with zero attached hydrogens (tertiary/aromatic N) is 1. The Hall–Kier alpha value is -0.392. The number of nitrogens with two attached hydrogens (primary N) is 1. The van der Waals surface area contributed by atoms with Crippen LogP contribution in [0.15, 0.2) is 16.9 Å². The summed E-state index contributed by atoms with van der Waals surface area (Å²) in [6, 6.07) is 0. The van der Waals surface area contributed by atoms with Gasteiger partial charge in [-0.2, -0.15) is 0 Å². The second-order valence-electron chi connectivity index (χ2n) is 1.01. The Morgan fingerprint density at radius 2 is 2.17 bits per heavy atom. The fraction of sp³-hybridized carbons (Fsp3) is 0. The van der Waals surface area contributed by atoms with E-state index in [1.54, 1.807) is 0 Å². The van der Waals surface area contributed by atoms with E-state index < -0.39 is 18.5 Å². The molecule has 8 heteroatoms. The zero-order valence-corrected chi connectivity index (χ0v) is 9.27. The summed E-state index contributed by atoms with van der Waals surface area (Å²) in [5, 5.41) is 0. The van der Waals surface area contributed by atoms with Crippen molar-refractivity contribution in [2.24, 2.45) is 5.73 Å². The van der Waals surface area contributed by atoms with Gasteiger partial charge in [0.1, 0.15) is 6.39 Å². The number of aromatic nitrogens is 1. The van der Waals surface area contributed by atoms with Crippen molar-refractivity contribution in [3.63, 3.8) is 0 Å². The van der Waals surface area contributed by atoms with Crippen LogP contribution in [-0.2, 0) is 37.9 Å². The van der Waals surface area contributed by atoms with Crippen LogP contribution in [0.5, 0.6) is 0 Å². The van der Waals surface area contributed by atoms with Crippen LogP contribution >= 0.6 is 12.2 Å². The third-order valence-electron chi connectivity index (χ3n) is 0.309. The molecule has 1 rings (SSSR count). The zero-order valence-electron chi connectivity index (χ0n) is 5.63. The average molecular weight is 288 g/mol. The van der Waals surface area contributed by atoms with Gasteiger partial charge in [-0.1, -0.05) is 10.5 Å². The standard InChI is InChI=1S/C3H2NO.CH3NS2.Mo.2O/c1-2-5-3-4-1;2-1(3)4;;;/h1-2H;(H3,2,3,4);;;/q-1;;+2;;/p-1. The normalized spacial score (nSPS) is 6.00. The SMILES string of the molecule is NC(=S)[S-].[O]=[Mo+2]=[O].[c-]1ncco1. The van der Waals surface area contributed by atoms with Crippen molar-refractivity contribution < 1.29 is 29.7 Å². The maximum Gasteiger partial charge on any atom is 0.101 e. The maximum atomic E-state index is 8.50. The predicted molar refractivity (Wildman–Crippen MR) is 40.9 cm³/mol. The summed E-state index contributed by atoms with van der Waals surface area (Å²) in [4.78, 5) is 3.43. The van der Waals surface area contributed by atoms with Crippen LogP contribution in [0.4, 0.5) is 0 Å². The molecule has 0 spiro atoms. The molecular formula is C4H4MoN2O3S2. The van der Waals surface area contributed by atoms with Gasteiger partial charge in [-0.3, -0.25) is 0 Å². The maximum absolute atomic E-state index is 8.50. The van der Waals surface area contributed by atoms with E-state index in [0.717, 1.165) is 0 Å². The van der Waals surface area contributed by atoms with E-state index in [4.69, 9.17) is 6.80 Å². The van der Waals surface area contributed by atoms with E-state index in [1.165, 1.54) is 12.5 Å². The number of oxazole rings is 1. The van der Waals surface area contributed by atoms with Crippen LogP contribution in [0, 0.1) is 6.39 Å². The molecule has 0 aliphatic heterocycles. The molecule has 1 heterocycles. The molecule has 1 aromatic heterocycles. The first-order chi connectivity index (χ1) is 5.65. The molecule has 12 heavy (non-hydrogen) atoms. The van der Waals surface area contributed by atoms with Gasteiger partial charge in [-0.25, -0.2) is 0 Å². The number of hydrogen-bond donors (Lipinski definition) is 1. The third-order valence-corrected chi connectivity index (χ3v) is 0.309. The summed E-state index contributed by atoms with van der Waals surface area (Å²) in [6.45, 7) is 0. The van der Waals surface area contributed by atoms with Crippen molar-refractivity contribution in [1.82, 2.24) is 4.98 Å². The van der Waals surface area contributed by atoms with Crippen LogP contribution in [0.3, 0.4) is 0 Å². The Balaban J connectivity index is 0. The Kier molecular flexibility index (Phi) is 15.6. The van der Waals surface area contributed by atoms with Gasteiger partial charge in [0, 0.05) is 0 Å². The minimum atomic E-state index is -2.03. The molecule has 0 aliphatic carbocycles. The Labute approximate surface area is 88.3 Å². The molecular weight excluding hydrogens is 284 g/mol. The van der Waals surface area contributed by atoms with Crippen molar-refractivity contribution in [2.45, 2.75) is 0 Å². The van der Waals surface area contributed by atoms with Crippen LogP contribution < -0.4 is 5.73 Å². The predicted octanol–water partition coefficient (Wildman–Crippen LogP) is 0.0116. The van der Waals surface area contributed by atoms with Crippen molar-refractivity contribution in [2.75, 3.05) is 0 Å². The molecule has 0 saturated carbocycles. The molecule has 0 radical (unpaired) electrons. The molecule has 0 bridgehead atoms. The van der Waals surface area contributed by atoms with Gasteiger partial charge in [0.25, 0.3) is 0 Å². The van der Waals surface area contributed by atoms with E-state index in [1.807, 2.05) is 0 Å². The molecule has 0 atom stereocenters. The Bertz CT molecular complexity index is 201. The van der Waals surface area contributed by atoms with Crippen LogP contribution in [0.25, 0.3) is 0 Å². The van der Waals surface area contributed by atoms with Crippen molar-refractivity contribution in [3.8, 4) is 0 Å². The van der Waals surface area contributed by atoms with E-state index in [0.29, 0.717) is 0 Å². The Morgan fingerprint density at radius 3 is 2.25 bits per heavy atom. The number of thiocarbonyl (C=S) groups is 1. The molecule has 0 fully saturated rings. The molecule has 0 aromatic carbocycles. The molecule has 2 N–H and O–H groups in total. The fourth-order valence-corrected chi connectivity index (χ4v) is 0.152. The van der Waals surface area contributed by atoms with Crippen LogP contribution in [0.1, 0.15) is 0 Å².